The minimum Gasteiger partial charge on any atom is -0.444 e. The van der Waals surface area contributed by atoms with Gasteiger partial charge in [-0.2, -0.15) is 0 Å². The Labute approximate surface area is 346 Å². The van der Waals surface area contributed by atoms with Crippen molar-refractivity contribution in [2.75, 3.05) is 18.4 Å². The van der Waals surface area contributed by atoms with Gasteiger partial charge in [0.2, 0.25) is 11.9 Å². The first-order chi connectivity index (χ1) is 27.1. The Balaban J connectivity index is 1.45. The Hall–Kier alpha value is -5.93. The number of ether oxygens (including phenoxy) is 4. The molecule has 0 aliphatic carbocycles. The number of aliphatic imine (C=N–C) groups is 2. The van der Waals surface area contributed by atoms with Crippen LogP contribution >= 0.6 is 0 Å². The summed E-state index contributed by atoms with van der Waals surface area (Å²) in [6.45, 7) is 24.1. The van der Waals surface area contributed by atoms with E-state index in [0.29, 0.717) is 37.3 Å². The largest absolute Gasteiger partial charge is 0.444 e. The molecule has 0 saturated carbocycles. The van der Waals surface area contributed by atoms with Gasteiger partial charge in [-0.15, -0.1) is 9.98 Å². The van der Waals surface area contributed by atoms with E-state index < -0.39 is 46.8 Å². The quantitative estimate of drug-likeness (QED) is 0.154. The molecule has 320 valence electrons. The zero-order valence-corrected chi connectivity index (χ0v) is 36.5. The second-order valence-electron chi connectivity index (χ2n) is 18.3. The zero-order valence-electron chi connectivity index (χ0n) is 36.5. The van der Waals surface area contributed by atoms with Crippen molar-refractivity contribution in [3.05, 3.63) is 70.3 Å². The number of hydrogen-bond acceptors (Lipinski definition) is 9. The van der Waals surface area contributed by atoms with Gasteiger partial charge in [0.1, 0.15) is 22.4 Å². The van der Waals surface area contributed by atoms with E-state index in [-0.39, 0.29) is 24.4 Å². The molecule has 2 aliphatic heterocycles. The predicted molar refractivity (Wildman–Crippen MR) is 225 cm³/mol. The first kappa shape index (κ1) is 45.8. The van der Waals surface area contributed by atoms with E-state index in [4.69, 9.17) is 18.9 Å². The number of anilines is 1. The van der Waals surface area contributed by atoms with Gasteiger partial charge in [0.05, 0.1) is 0 Å². The van der Waals surface area contributed by atoms with Gasteiger partial charge in [0.25, 0.3) is 5.91 Å². The van der Waals surface area contributed by atoms with Crippen LogP contribution in [-0.4, -0.2) is 87.5 Å². The van der Waals surface area contributed by atoms with Crippen molar-refractivity contribution in [3.8, 4) is 0 Å². The summed E-state index contributed by atoms with van der Waals surface area (Å²) in [6.07, 6.45) is -0.623. The van der Waals surface area contributed by atoms with Crippen molar-refractivity contribution in [1.29, 1.82) is 0 Å². The number of carbonyl (C=O) groups is 5. The molecule has 2 heterocycles. The third-order valence-electron chi connectivity index (χ3n) is 8.24. The Bertz CT molecular complexity index is 2040. The standard InChI is InChI=1S/C43H59N7O9/c1-26-22-31(16-17-32(26)27-18-20-49(21-19-27)34(45-36(52)56-40(2,3)4)46-37(53)57-41(5,6)7)44-33(51)28-14-15-29-24-50(25-30(29)23-28)35(47-38(54)58-42(8,9)10)48-39(55)59-43(11,12)13/h14-18,22-23H,19-21,24-25H2,1-13H3,(H,44,51)(H,45,46,52,53)(H,47,48,54,55). The molecular formula is C43H59N7O9. The summed E-state index contributed by atoms with van der Waals surface area (Å²) in [5.74, 6) is -0.307. The second-order valence-corrected chi connectivity index (χ2v) is 18.3. The maximum Gasteiger partial charge on any atom is 0.437 e. The predicted octanol–water partition coefficient (Wildman–Crippen LogP) is 8.28. The lowest BCUT2D eigenvalue weighted by molar-refractivity contribution is 0.0536. The fourth-order valence-corrected chi connectivity index (χ4v) is 5.98. The normalized spacial score (nSPS) is 15.1. The Kier molecular flexibility index (Phi) is 13.9. The van der Waals surface area contributed by atoms with E-state index in [1.54, 1.807) is 105 Å². The highest BCUT2D eigenvalue weighted by Crippen LogP contribution is 2.29. The molecule has 5 amide bonds. The molecule has 0 aromatic heterocycles. The van der Waals surface area contributed by atoms with Crippen molar-refractivity contribution in [2.45, 2.75) is 132 Å². The molecule has 0 radical (unpaired) electrons. The van der Waals surface area contributed by atoms with E-state index >= 15 is 0 Å². The van der Waals surface area contributed by atoms with Gasteiger partial charge in [-0.3, -0.25) is 15.4 Å². The molecule has 3 N–H and O–H groups in total. The summed E-state index contributed by atoms with van der Waals surface area (Å²) in [5.41, 5.74) is 2.66. The van der Waals surface area contributed by atoms with Crippen molar-refractivity contribution in [1.82, 2.24) is 20.4 Å². The lowest BCUT2D eigenvalue weighted by atomic mass is 9.95. The number of amides is 5. The number of guanidine groups is 2. The number of rotatable bonds is 3. The number of nitrogens with one attached hydrogen (secondary N) is 3. The molecule has 4 rings (SSSR count). The fraction of sp³-hybridized carbons (Fsp3) is 0.512. The lowest BCUT2D eigenvalue weighted by Crippen LogP contribution is -2.48. The molecule has 0 saturated heterocycles. The molecule has 0 spiro atoms. The summed E-state index contributed by atoms with van der Waals surface area (Å²) in [5, 5.41) is 8.19. The maximum absolute atomic E-state index is 13.5. The van der Waals surface area contributed by atoms with Gasteiger partial charge in [-0.25, -0.2) is 19.2 Å². The highest BCUT2D eigenvalue weighted by atomic mass is 16.6. The monoisotopic (exact) mass is 817 g/mol. The van der Waals surface area contributed by atoms with Gasteiger partial charge in [0.15, 0.2) is 0 Å². The number of hydrogen-bond donors (Lipinski definition) is 3. The van der Waals surface area contributed by atoms with E-state index in [2.05, 4.69) is 25.9 Å². The van der Waals surface area contributed by atoms with Crippen LogP contribution < -0.4 is 16.0 Å². The Morgan fingerprint density at radius 2 is 1.14 bits per heavy atom. The number of fused-ring (bicyclic) bond motifs is 1. The van der Waals surface area contributed by atoms with Gasteiger partial charge < -0.3 is 34.1 Å². The number of aryl methyl sites for hydroxylation is 1. The number of alkyl carbamates (subject to hydrolysis) is 2. The highest BCUT2D eigenvalue weighted by molar-refractivity contribution is 6.05. The first-order valence-electron chi connectivity index (χ1n) is 19.5. The average molecular weight is 818 g/mol. The molecular weight excluding hydrogens is 759 g/mol. The van der Waals surface area contributed by atoms with Crippen LogP contribution in [0.4, 0.5) is 24.9 Å². The first-order valence-corrected chi connectivity index (χ1v) is 19.5. The molecule has 2 aromatic rings. The van der Waals surface area contributed by atoms with Crippen LogP contribution in [0.5, 0.6) is 0 Å². The maximum atomic E-state index is 13.5. The number of benzene rings is 2. The van der Waals surface area contributed by atoms with E-state index in [1.165, 1.54) is 0 Å². The van der Waals surface area contributed by atoms with Crippen LogP contribution in [0.15, 0.2) is 52.5 Å². The fourth-order valence-electron chi connectivity index (χ4n) is 5.98. The van der Waals surface area contributed by atoms with Crippen molar-refractivity contribution in [3.63, 3.8) is 0 Å². The molecule has 2 aromatic carbocycles. The van der Waals surface area contributed by atoms with Crippen molar-refractivity contribution in [2.24, 2.45) is 9.98 Å². The van der Waals surface area contributed by atoms with Crippen molar-refractivity contribution >= 4 is 53.5 Å². The summed E-state index contributed by atoms with van der Waals surface area (Å²) >= 11 is 0. The summed E-state index contributed by atoms with van der Waals surface area (Å²) < 4.78 is 21.5. The van der Waals surface area contributed by atoms with Crippen LogP contribution in [0.3, 0.4) is 0 Å². The minimum absolute atomic E-state index is 0.0288. The molecule has 0 fully saturated rings. The van der Waals surface area contributed by atoms with Crippen LogP contribution in [0, 0.1) is 6.92 Å². The Morgan fingerprint density at radius 3 is 1.61 bits per heavy atom. The van der Waals surface area contributed by atoms with E-state index in [9.17, 15) is 24.0 Å². The second kappa shape index (κ2) is 17.9. The molecule has 16 nitrogen and oxygen atoms in total. The Morgan fingerprint density at radius 1 is 0.627 bits per heavy atom. The summed E-state index contributed by atoms with van der Waals surface area (Å²) in [4.78, 5) is 75.7. The van der Waals surface area contributed by atoms with E-state index in [0.717, 1.165) is 27.8 Å². The molecule has 59 heavy (non-hydrogen) atoms. The topological polar surface area (TPSA) is 190 Å². The molecule has 0 bridgehead atoms. The highest BCUT2D eigenvalue weighted by Gasteiger charge is 2.29. The summed E-state index contributed by atoms with van der Waals surface area (Å²) in [6, 6.07) is 11.0. The van der Waals surface area contributed by atoms with Crippen LogP contribution in [0.25, 0.3) is 5.57 Å². The minimum atomic E-state index is -0.867. The molecule has 0 unspecified atom stereocenters. The van der Waals surface area contributed by atoms with Crippen LogP contribution in [0.1, 0.15) is 122 Å². The van der Waals surface area contributed by atoms with Crippen LogP contribution in [-0.2, 0) is 32.0 Å². The van der Waals surface area contributed by atoms with Gasteiger partial charge in [-0.05, 0) is 149 Å². The van der Waals surface area contributed by atoms with Gasteiger partial charge >= 0.3 is 24.4 Å². The lowest BCUT2D eigenvalue weighted by Gasteiger charge is -2.30. The van der Waals surface area contributed by atoms with Gasteiger partial charge in [0, 0.05) is 37.4 Å². The average Bonchev–Trinajstić information content (AvgIpc) is 3.48. The molecule has 16 heteroatoms. The number of nitrogens with zero attached hydrogens (tertiary/aromatic N) is 4. The summed E-state index contributed by atoms with van der Waals surface area (Å²) in [7, 11) is 0. The third-order valence-corrected chi connectivity index (χ3v) is 8.24. The smallest absolute Gasteiger partial charge is 0.437 e. The van der Waals surface area contributed by atoms with Crippen LogP contribution in [0.2, 0.25) is 0 Å². The third kappa shape index (κ3) is 14.8. The zero-order chi connectivity index (χ0) is 44.1. The molecule has 2 aliphatic rings. The molecule has 0 atom stereocenters. The number of carbonyl (C=O) groups excluding carboxylic acids is 5. The SMILES string of the molecule is Cc1cc(NC(=O)c2ccc3c(c2)CN(C(=NC(=O)OC(C)(C)C)NC(=O)OC(C)(C)C)C3)ccc1C1=CCN(C(=NC(=O)OC(C)(C)C)NC(=O)OC(C)(C)C)CC1. The van der Waals surface area contributed by atoms with Gasteiger partial charge in [-0.1, -0.05) is 18.2 Å². The van der Waals surface area contributed by atoms with Crippen molar-refractivity contribution < 1.29 is 42.9 Å². The van der Waals surface area contributed by atoms with E-state index in [1.807, 2.05) is 37.3 Å².